The number of ether oxygens (including phenoxy) is 4. The van der Waals surface area contributed by atoms with Gasteiger partial charge >= 0.3 is 5.97 Å². The maximum Gasteiger partial charge on any atom is 0.328 e. The summed E-state index contributed by atoms with van der Waals surface area (Å²) in [4.78, 5) is 22.5. The molecule has 0 radical (unpaired) electrons. The van der Waals surface area contributed by atoms with Gasteiger partial charge in [-0.3, -0.25) is 9.52 Å². The summed E-state index contributed by atoms with van der Waals surface area (Å²) in [5.41, 5.74) is 0.630. The molecule has 3 N–H and O–H groups in total. The molecule has 0 aliphatic rings. The molecule has 11 nitrogen and oxygen atoms in total. The van der Waals surface area contributed by atoms with Crippen molar-refractivity contribution in [1.82, 2.24) is 0 Å². The first kappa shape index (κ1) is 26.1. The molecule has 0 atom stereocenters. The van der Waals surface area contributed by atoms with Gasteiger partial charge in [-0.05, 0) is 24.3 Å². The number of rotatable bonds is 11. The molecule has 0 spiro atoms. The summed E-state index contributed by atoms with van der Waals surface area (Å²) < 4.78 is 48.6. The van der Waals surface area contributed by atoms with E-state index in [9.17, 15) is 18.0 Å². The third kappa shape index (κ3) is 7.17. The van der Waals surface area contributed by atoms with E-state index >= 15 is 0 Å². The number of methoxy groups -OCH3 is 4. The van der Waals surface area contributed by atoms with Crippen molar-refractivity contribution in [3.05, 3.63) is 53.5 Å². The number of nitrogens with one attached hydrogen (secondary N) is 2. The zero-order valence-electron chi connectivity index (χ0n) is 18.8. The quantitative estimate of drug-likeness (QED) is 0.402. The number of amides is 1. The van der Waals surface area contributed by atoms with Gasteiger partial charge in [-0.1, -0.05) is 0 Å². The lowest BCUT2D eigenvalue weighted by molar-refractivity contribution is -0.131. The summed E-state index contributed by atoms with van der Waals surface area (Å²) in [5.74, 6) is -0.640. The van der Waals surface area contributed by atoms with Crippen molar-refractivity contribution in [2.24, 2.45) is 0 Å². The molecule has 182 valence electrons. The highest BCUT2D eigenvalue weighted by Crippen LogP contribution is 2.35. The zero-order valence-corrected chi connectivity index (χ0v) is 19.6. The van der Waals surface area contributed by atoms with Crippen molar-refractivity contribution in [3.8, 4) is 23.0 Å². The Hall–Kier alpha value is -4.19. The van der Waals surface area contributed by atoms with E-state index in [1.807, 2.05) is 0 Å². The van der Waals surface area contributed by atoms with E-state index in [1.54, 1.807) is 12.1 Å². The number of sulfonamides is 1. The molecule has 2 aromatic carbocycles. The highest BCUT2D eigenvalue weighted by molar-refractivity contribution is 7.95. The number of carbonyl (C=O) groups is 2. The molecule has 0 fully saturated rings. The molecule has 0 heterocycles. The third-order valence-corrected chi connectivity index (χ3v) is 5.28. The Bertz CT molecular complexity index is 1200. The summed E-state index contributed by atoms with van der Waals surface area (Å²) in [6.07, 6.45) is 2.79. The molecule has 12 heteroatoms. The number of carbonyl (C=O) groups excluding carboxylic acids is 1. The summed E-state index contributed by atoms with van der Waals surface area (Å²) in [5, 5.41) is 12.0. The van der Waals surface area contributed by atoms with Gasteiger partial charge in [0.2, 0.25) is 5.91 Å². The molecule has 0 aliphatic carbocycles. The Labute approximate surface area is 196 Å². The summed E-state index contributed by atoms with van der Waals surface area (Å²) in [7, 11) is 1.69. The fraction of sp³-hybridized carbons (Fsp3) is 0.182. The minimum absolute atomic E-state index is 0.122. The topological polar surface area (TPSA) is 149 Å². The monoisotopic (exact) mass is 492 g/mol. The molecule has 0 unspecified atom stereocenters. The molecule has 34 heavy (non-hydrogen) atoms. The van der Waals surface area contributed by atoms with Crippen molar-refractivity contribution in [1.29, 1.82) is 0 Å². The third-order valence-electron chi connectivity index (χ3n) is 4.26. The normalized spacial score (nSPS) is 11.3. The van der Waals surface area contributed by atoms with Crippen LogP contribution in [0.3, 0.4) is 0 Å². The lowest BCUT2D eigenvalue weighted by atomic mass is 10.1. The van der Waals surface area contributed by atoms with E-state index in [-0.39, 0.29) is 17.1 Å². The first-order valence-electron chi connectivity index (χ1n) is 9.53. The number of hydrogen-bond acceptors (Lipinski definition) is 8. The van der Waals surface area contributed by atoms with Crippen LogP contribution in [0.25, 0.3) is 6.08 Å². The average molecular weight is 493 g/mol. The van der Waals surface area contributed by atoms with Gasteiger partial charge in [-0.15, -0.1) is 0 Å². The largest absolute Gasteiger partial charge is 0.496 e. The summed E-state index contributed by atoms with van der Waals surface area (Å²) in [6.45, 7) is 0. The number of benzene rings is 2. The minimum atomic E-state index is -4.00. The molecule has 2 rings (SSSR count). The second-order valence-electron chi connectivity index (χ2n) is 6.47. The van der Waals surface area contributed by atoms with E-state index in [0.717, 1.165) is 11.5 Å². The van der Waals surface area contributed by atoms with Crippen LogP contribution in [0.2, 0.25) is 0 Å². The Kier molecular flexibility index (Phi) is 8.90. The Morgan fingerprint density at radius 1 is 0.882 bits per heavy atom. The smallest absolute Gasteiger partial charge is 0.328 e. The Morgan fingerprint density at radius 3 is 2.03 bits per heavy atom. The van der Waals surface area contributed by atoms with Crippen molar-refractivity contribution in [2.75, 3.05) is 38.5 Å². The number of carboxylic acids is 1. The minimum Gasteiger partial charge on any atom is -0.496 e. The maximum absolute atomic E-state index is 12.7. The van der Waals surface area contributed by atoms with Gasteiger partial charge in [0.1, 0.15) is 23.0 Å². The van der Waals surface area contributed by atoms with Gasteiger partial charge in [0.25, 0.3) is 10.0 Å². The van der Waals surface area contributed by atoms with Crippen molar-refractivity contribution in [3.63, 3.8) is 0 Å². The fourth-order valence-electron chi connectivity index (χ4n) is 2.74. The van der Waals surface area contributed by atoms with Crippen LogP contribution >= 0.6 is 0 Å². The molecule has 2 aromatic rings. The molecule has 0 bridgehead atoms. The number of hydrogen-bond donors (Lipinski definition) is 3. The van der Waals surface area contributed by atoms with Crippen LogP contribution in [-0.4, -0.2) is 53.8 Å². The van der Waals surface area contributed by atoms with Crippen LogP contribution in [0.15, 0.2) is 47.9 Å². The molecule has 0 saturated heterocycles. The van der Waals surface area contributed by atoms with Crippen molar-refractivity contribution < 1.29 is 42.1 Å². The standard InChI is InChI=1S/C22H24N2O9S/c1-30-15-12-19(32-3)16(20(13-15)33-4)9-10-34(28,29)24-14-5-6-18(31-2)17(11-14)23-21(25)7-8-22(26)27/h5-13,24H,1-4H3,(H,23,25)(H,26,27)/b8-7-,10-9+. The highest BCUT2D eigenvalue weighted by atomic mass is 32.2. The lowest BCUT2D eigenvalue weighted by Gasteiger charge is -2.13. The predicted octanol–water partition coefficient (Wildman–Crippen LogP) is 2.71. The van der Waals surface area contributed by atoms with Gasteiger partial charge in [0, 0.05) is 24.3 Å². The fourth-order valence-corrected chi connectivity index (χ4v) is 3.58. The molecular formula is C22H24N2O9S. The SMILES string of the molecule is COc1cc(OC)c(/C=C/S(=O)(=O)Nc2ccc(OC)c(NC(=O)/C=C\C(=O)O)c2)c(OC)c1. The second kappa shape index (κ2) is 11.6. The van der Waals surface area contributed by atoms with Gasteiger partial charge in [-0.25, -0.2) is 13.2 Å². The summed E-state index contributed by atoms with van der Waals surface area (Å²) in [6, 6.07) is 7.36. The van der Waals surface area contributed by atoms with E-state index in [0.29, 0.717) is 28.9 Å². The van der Waals surface area contributed by atoms with Gasteiger partial charge < -0.3 is 29.4 Å². The molecule has 0 aliphatic heterocycles. The van der Waals surface area contributed by atoms with Crippen LogP contribution in [0.1, 0.15) is 5.56 Å². The van der Waals surface area contributed by atoms with Gasteiger partial charge in [0.15, 0.2) is 0 Å². The lowest BCUT2D eigenvalue weighted by Crippen LogP contribution is -2.12. The van der Waals surface area contributed by atoms with Crippen LogP contribution in [-0.2, 0) is 19.6 Å². The maximum atomic E-state index is 12.7. The molecular weight excluding hydrogens is 468 g/mol. The van der Waals surface area contributed by atoms with E-state index in [4.69, 9.17) is 24.1 Å². The first-order valence-corrected chi connectivity index (χ1v) is 11.1. The van der Waals surface area contributed by atoms with Crippen LogP contribution in [0.5, 0.6) is 23.0 Å². The zero-order chi connectivity index (χ0) is 25.3. The van der Waals surface area contributed by atoms with E-state index in [1.165, 1.54) is 52.7 Å². The Morgan fingerprint density at radius 2 is 1.50 bits per heavy atom. The van der Waals surface area contributed by atoms with E-state index < -0.39 is 21.9 Å². The molecule has 1 amide bonds. The molecule has 0 saturated carbocycles. The predicted molar refractivity (Wildman–Crippen MR) is 126 cm³/mol. The van der Waals surface area contributed by atoms with E-state index in [2.05, 4.69) is 10.0 Å². The molecule has 0 aromatic heterocycles. The number of aliphatic carboxylic acids is 1. The Balaban J connectivity index is 2.31. The van der Waals surface area contributed by atoms with Gasteiger partial charge in [-0.2, -0.15) is 0 Å². The number of carboxylic acid groups (broad SMARTS) is 1. The highest BCUT2D eigenvalue weighted by Gasteiger charge is 2.14. The average Bonchev–Trinajstić information content (AvgIpc) is 2.80. The van der Waals surface area contributed by atoms with Crippen molar-refractivity contribution >= 4 is 39.4 Å². The van der Waals surface area contributed by atoms with Crippen LogP contribution < -0.4 is 29.0 Å². The van der Waals surface area contributed by atoms with Crippen LogP contribution in [0.4, 0.5) is 11.4 Å². The summed E-state index contributed by atoms with van der Waals surface area (Å²) >= 11 is 0. The van der Waals surface area contributed by atoms with Crippen LogP contribution in [0, 0.1) is 0 Å². The number of anilines is 2. The second-order valence-corrected chi connectivity index (χ2v) is 8.04. The van der Waals surface area contributed by atoms with Crippen molar-refractivity contribution in [2.45, 2.75) is 0 Å². The van der Waals surface area contributed by atoms with Gasteiger partial charge in [0.05, 0.1) is 50.8 Å². The first-order chi connectivity index (χ1) is 16.1.